The number of aliphatic imine (C=N–C) groups is 1. The van der Waals surface area contributed by atoms with Crippen LogP contribution < -0.4 is 5.32 Å². The summed E-state index contributed by atoms with van der Waals surface area (Å²) in [5.74, 6) is -3.37. The largest absolute Gasteiger partial charge is 0.418 e. The van der Waals surface area contributed by atoms with Crippen molar-refractivity contribution in [2.24, 2.45) is 10.9 Å². The third-order valence-corrected chi connectivity index (χ3v) is 6.88. The number of carbonyl (C=O) groups is 2. The molecule has 1 N–H and O–H groups in total. The molecule has 35 heavy (non-hydrogen) atoms. The Hall–Kier alpha value is -3.45. The van der Waals surface area contributed by atoms with Gasteiger partial charge in [0.2, 0.25) is 5.91 Å². The van der Waals surface area contributed by atoms with Gasteiger partial charge in [0.25, 0.3) is 0 Å². The molecule has 1 amide bonds. The van der Waals surface area contributed by atoms with E-state index >= 15 is 0 Å². The average Bonchev–Trinajstić information content (AvgIpc) is 2.82. The van der Waals surface area contributed by atoms with E-state index in [0.29, 0.717) is 25.0 Å². The van der Waals surface area contributed by atoms with Gasteiger partial charge in [0.15, 0.2) is 0 Å². The summed E-state index contributed by atoms with van der Waals surface area (Å²) in [4.78, 5) is 29.8. The lowest BCUT2D eigenvalue weighted by molar-refractivity contribution is -0.137. The summed E-state index contributed by atoms with van der Waals surface area (Å²) in [6.07, 6.45) is -3.27. The molecule has 2 aliphatic rings. The van der Waals surface area contributed by atoms with Crippen molar-refractivity contribution in [2.75, 3.05) is 11.1 Å². The van der Waals surface area contributed by atoms with Gasteiger partial charge in [-0.3, -0.25) is 9.59 Å². The molecule has 1 saturated carbocycles. The zero-order valence-electron chi connectivity index (χ0n) is 18.2. The lowest BCUT2D eigenvalue weighted by Crippen LogP contribution is -2.37. The first-order chi connectivity index (χ1) is 16.7. The van der Waals surface area contributed by atoms with Crippen LogP contribution in [0.1, 0.15) is 36.3 Å². The number of carbonyl (C=O) groups excluding carboxylic acids is 2. The van der Waals surface area contributed by atoms with E-state index in [-0.39, 0.29) is 33.4 Å². The number of alkyl halides is 3. The minimum absolute atomic E-state index is 0.0626. The Bertz CT molecular complexity index is 1280. The van der Waals surface area contributed by atoms with E-state index in [1.165, 1.54) is 30.3 Å². The fourth-order valence-corrected chi connectivity index (χ4v) is 5.23. The summed E-state index contributed by atoms with van der Waals surface area (Å²) >= 11 is 0.875. The zero-order valence-corrected chi connectivity index (χ0v) is 19.0. The summed E-state index contributed by atoms with van der Waals surface area (Å²) in [7, 11) is 0. The Balaban J connectivity index is 1.62. The van der Waals surface area contributed by atoms with Gasteiger partial charge in [0, 0.05) is 18.1 Å². The van der Waals surface area contributed by atoms with Crippen molar-refractivity contribution in [3.8, 4) is 6.07 Å². The number of para-hydroxylation sites is 1. The molecule has 2 aromatic rings. The van der Waals surface area contributed by atoms with Crippen LogP contribution in [-0.4, -0.2) is 23.2 Å². The molecule has 1 heterocycles. The number of anilines is 1. The number of nitrogens with zero attached hydrogens (tertiary/aromatic N) is 2. The highest BCUT2D eigenvalue weighted by molar-refractivity contribution is 8.03. The second kappa shape index (κ2) is 10.0. The molecule has 0 saturated heterocycles. The van der Waals surface area contributed by atoms with Gasteiger partial charge in [-0.25, -0.2) is 9.38 Å². The minimum Gasteiger partial charge on any atom is -0.325 e. The molecule has 0 aromatic heterocycles. The number of halogens is 4. The van der Waals surface area contributed by atoms with Crippen molar-refractivity contribution in [3.63, 3.8) is 0 Å². The summed E-state index contributed by atoms with van der Waals surface area (Å²) in [6.45, 7) is 0. The first-order valence-electron chi connectivity index (χ1n) is 10.8. The van der Waals surface area contributed by atoms with Gasteiger partial charge in [-0.15, -0.1) is 0 Å². The van der Waals surface area contributed by atoms with Gasteiger partial charge < -0.3 is 5.32 Å². The lowest BCUT2D eigenvalue weighted by Gasteiger charge is -2.34. The highest BCUT2D eigenvalue weighted by atomic mass is 32.2. The monoisotopic (exact) mass is 501 g/mol. The van der Waals surface area contributed by atoms with Gasteiger partial charge in [-0.1, -0.05) is 42.1 Å². The van der Waals surface area contributed by atoms with Gasteiger partial charge in [0.1, 0.15) is 16.6 Å². The van der Waals surface area contributed by atoms with Crippen LogP contribution in [0.2, 0.25) is 0 Å². The SMILES string of the molecule is N#CC1=C(SCC(=O)Nc2ccccc2C(F)(F)F)N=C2CCCC(=O)C2C1c1ccccc1F. The fourth-order valence-electron chi connectivity index (χ4n) is 4.38. The second-order valence-corrected chi connectivity index (χ2v) is 9.07. The van der Waals surface area contributed by atoms with Crippen LogP contribution in [0.3, 0.4) is 0 Å². The normalized spacial score (nSPS) is 20.1. The number of benzene rings is 2. The number of ketones is 1. The number of hydrogen-bond donors (Lipinski definition) is 1. The molecule has 1 aliphatic heterocycles. The smallest absolute Gasteiger partial charge is 0.325 e. The van der Waals surface area contributed by atoms with E-state index in [4.69, 9.17) is 0 Å². The molecule has 2 atom stereocenters. The van der Waals surface area contributed by atoms with Crippen LogP contribution in [0, 0.1) is 23.1 Å². The van der Waals surface area contributed by atoms with E-state index in [0.717, 1.165) is 23.9 Å². The molecule has 2 unspecified atom stereocenters. The number of rotatable bonds is 5. The maximum absolute atomic E-state index is 14.7. The van der Waals surface area contributed by atoms with Gasteiger partial charge >= 0.3 is 6.18 Å². The van der Waals surface area contributed by atoms with Crippen LogP contribution in [0.25, 0.3) is 0 Å². The Morgan fingerprint density at radius 2 is 1.83 bits per heavy atom. The molecule has 4 rings (SSSR count). The Kier molecular flexibility index (Phi) is 7.08. The molecular weight excluding hydrogens is 482 g/mol. The van der Waals surface area contributed by atoms with Crippen LogP contribution in [0.4, 0.5) is 23.2 Å². The van der Waals surface area contributed by atoms with E-state index in [1.54, 1.807) is 6.07 Å². The quantitative estimate of drug-likeness (QED) is 0.521. The number of amides is 1. The summed E-state index contributed by atoms with van der Waals surface area (Å²) in [6, 6.07) is 12.5. The number of nitrogens with one attached hydrogen (secondary N) is 1. The van der Waals surface area contributed by atoms with Crippen molar-refractivity contribution in [1.82, 2.24) is 0 Å². The summed E-state index contributed by atoms with van der Waals surface area (Å²) < 4.78 is 54.4. The van der Waals surface area contributed by atoms with Crippen LogP contribution in [-0.2, 0) is 15.8 Å². The number of hydrogen-bond acceptors (Lipinski definition) is 5. The van der Waals surface area contributed by atoms with Crippen molar-refractivity contribution in [3.05, 3.63) is 76.1 Å². The van der Waals surface area contributed by atoms with Gasteiger partial charge in [-0.05, 0) is 36.6 Å². The first-order valence-corrected chi connectivity index (χ1v) is 11.8. The first kappa shape index (κ1) is 24.7. The van der Waals surface area contributed by atoms with Gasteiger partial charge in [-0.2, -0.15) is 18.4 Å². The van der Waals surface area contributed by atoms with Crippen molar-refractivity contribution in [2.45, 2.75) is 31.4 Å². The predicted octanol–water partition coefficient (Wildman–Crippen LogP) is 5.86. The fraction of sp³-hybridized carbons (Fsp3) is 0.280. The lowest BCUT2D eigenvalue weighted by atomic mass is 9.70. The van der Waals surface area contributed by atoms with Crippen molar-refractivity contribution in [1.29, 1.82) is 5.26 Å². The van der Waals surface area contributed by atoms with E-state index in [1.807, 2.05) is 6.07 Å². The van der Waals surface area contributed by atoms with Gasteiger partial charge in [0.05, 0.1) is 34.6 Å². The Labute approximate surface area is 202 Å². The minimum atomic E-state index is -4.64. The highest BCUT2D eigenvalue weighted by Gasteiger charge is 2.43. The third-order valence-electron chi connectivity index (χ3n) is 5.89. The predicted molar refractivity (Wildman–Crippen MR) is 124 cm³/mol. The second-order valence-electron chi connectivity index (χ2n) is 8.11. The van der Waals surface area contributed by atoms with E-state index in [9.17, 15) is 32.4 Å². The number of nitriles is 1. The molecule has 5 nitrogen and oxygen atoms in total. The van der Waals surface area contributed by atoms with Crippen molar-refractivity contribution >= 4 is 34.9 Å². The maximum Gasteiger partial charge on any atom is 0.418 e. The van der Waals surface area contributed by atoms with Crippen LogP contribution in [0.15, 0.2) is 64.1 Å². The Morgan fingerprint density at radius 3 is 2.54 bits per heavy atom. The molecule has 10 heteroatoms. The topological polar surface area (TPSA) is 82.3 Å². The molecule has 0 bridgehead atoms. The third kappa shape index (κ3) is 5.15. The number of thioether (sulfide) groups is 1. The number of allylic oxidation sites excluding steroid dienone is 1. The molecule has 1 aliphatic carbocycles. The average molecular weight is 502 g/mol. The standard InChI is InChI=1S/C25H19F4N3O2S/c26-17-8-3-1-6-14(17)22-15(12-30)24(32-19-10-5-11-20(33)23(19)22)35-13-21(34)31-18-9-4-2-7-16(18)25(27,28)29/h1-4,6-9,22-23H,5,10-11,13H2,(H,31,34). The van der Waals surface area contributed by atoms with E-state index < -0.39 is 35.3 Å². The number of Topliss-reactive ketones (excluding diaryl/α,β-unsaturated/α-hetero) is 1. The zero-order chi connectivity index (χ0) is 25.2. The molecule has 2 aromatic carbocycles. The molecule has 1 fully saturated rings. The van der Waals surface area contributed by atoms with Crippen molar-refractivity contribution < 1.29 is 27.2 Å². The van der Waals surface area contributed by atoms with Crippen LogP contribution >= 0.6 is 11.8 Å². The van der Waals surface area contributed by atoms with E-state index in [2.05, 4.69) is 10.3 Å². The number of fused-ring (bicyclic) bond motifs is 1. The Morgan fingerprint density at radius 1 is 1.11 bits per heavy atom. The molecule has 0 radical (unpaired) electrons. The highest BCUT2D eigenvalue weighted by Crippen LogP contribution is 2.45. The molecule has 0 spiro atoms. The molecule has 180 valence electrons. The summed E-state index contributed by atoms with van der Waals surface area (Å²) in [5.41, 5.74) is -0.571. The molecular formula is C25H19F4N3O2S. The summed E-state index contributed by atoms with van der Waals surface area (Å²) in [5, 5.41) is 12.4. The maximum atomic E-state index is 14.7. The van der Waals surface area contributed by atoms with Crippen LogP contribution in [0.5, 0.6) is 0 Å².